The Morgan fingerprint density at radius 2 is 2.14 bits per heavy atom. The van der Waals surface area contributed by atoms with E-state index in [1.165, 1.54) is 6.07 Å². The first-order chi connectivity index (χ1) is 6.54. The first-order valence-electron chi connectivity index (χ1n) is 4.76. The number of benzene rings is 1. The molecule has 1 rings (SSSR count). The second kappa shape index (κ2) is 4.78. The van der Waals surface area contributed by atoms with Crippen molar-refractivity contribution in [2.45, 2.75) is 33.2 Å². The lowest BCUT2D eigenvalue weighted by atomic mass is 10.1. The summed E-state index contributed by atoms with van der Waals surface area (Å²) in [5.41, 5.74) is 1.93. The number of hydrogen-bond acceptors (Lipinski definition) is 1. The Morgan fingerprint density at radius 3 is 2.71 bits per heavy atom. The summed E-state index contributed by atoms with van der Waals surface area (Å²) in [6, 6.07) is 3.73. The van der Waals surface area contributed by atoms with Gasteiger partial charge in [0.15, 0.2) is 0 Å². The van der Waals surface area contributed by atoms with E-state index >= 15 is 0 Å². The minimum Gasteiger partial charge on any atom is -0.382 e. The molecular weight excluding hydrogens is 245 g/mol. The Bertz CT molecular complexity index is 325. The Balaban J connectivity index is 2.92. The van der Waals surface area contributed by atoms with Crippen LogP contribution in [0.5, 0.6) is 0 Å². The maximum atomic E-state index is 13.1. The van der Waals surface area contributed by atoms with Gasteiger partial charge in [0.25, 0.3) is 0 Å². The van der Waals surface area contributed by atoms with Crippen LogP contribution in [0.2, 0.25) is 0 Å². The van der Waals surface area contributed by atoms with Gasteiger partial charge in [0.2, 0.25) is 0 Å². The van der Waals surface area contributed by atoms with E-state index in [0.29, 0.717) is 10.5 Å². The van der Waals surface area contributed by atoms with Crippen LogP contribution in [0.15, 0.2) is 16.6 Å². The molecular formula is C11H15BrFN. The number of halogens is 2. The molecule has 0 amide bonds. The third-order valence-electron chi connectivity index (χ3n) is 2.28. The molecule has 14 heavy (non-hydrogen) atoms. The van der Waals surface area contributed by atoms with E-state index in [4.69, 9.17) is 0 Å². The number of anilines is 1. The molecule has 3 heteroatoms. The largest absolute Gasteiger partial charge is 0.382 e. The molecule has 1 aromatic carbocycles. The summed E-state index contributed by atoms with van der Waals surface area (Å²) in [4.78, 5) is 0. The second-order valence-corrected chi connectivity index (χ2v) is 4.39. The van der Waals surface area contributed by atoms with E-state index in [-0.39, 0.29) is 5.82 Å². The molecule has 0 aliphatic rings. The van der Waals surface area contributed by atoms with Crippen LogP contribution >= 0.6 is 15.9 Å². The first-order valence-corrected chi connectivity index (χ1v) is 5.56. The number of aryl methyl sites for hydroxylation is 1. The smallest absolute Gasteiger partial charge is 0.137 e. The molecule has 0 heterocycles. The summed E-state index contributed by atoms with van der Waals surface area (Å²) >= 11 is 3.18. The van der Waals surface area contributed by atoms with Crippen molar-refractivity contribution < 1.29 is 4.39 Å². The standard InChI is InChI=1S/C11H15BrFN/c1-4-8(3)14-11-6-9(12)10(13)5-7(11)2/h5-6,8,14H,4H2,1-3H3. The van der Waals surface area contributed by atoms with E-state index in [0.717, 1.165) is 17.7 Å². The van der Waals surface area contributed by atoms with Crippen LogP contribution in [0, 0.1) is 12.7 Å². The van der Waals surface area contributed by atoms with Crippen LogP contribution in [0.25, 0.3) is 0 Å². The van der Waals surface area contributed by atoms with E-state index < -0.39 is 0 Å². The van der Waals surface area contributed by atoms with Crippen molar-refractivity contribution in [1.82, 2.24) is 0 Å². The van der Waals surface area contributed by atoms with E-state index in [2.05, 4.69) is 35.1 Å². The SMILES string of the molecule is CCC(C)Nc1cc(Br)c(F)cc1C. The van der Waals surface area contributed by atoms with Gasteiger partial charge in [-0.25, -0.2) is 4.39 Å². The molecule has 1 aromatic rings. The Morgan fingerprint density at radius 1 is 1.50 bits per heavy atom. The fraction of sp³-hybridized carbons (Fsp3) is 0.455. The lowest BCUT2D eigenvalue weighted by Gasteiger charge is -2.15. The lowest BCUT2D eigenvalue weighted by molar-refractivity contribution is 0.620. The van der Waals surface area contributed by atoms with E-state index in [9.17, 15) is 4.39 Å². The fourth-order valence-corrected chi connectivity index (χ4v) is 1.51. The second-order valence-electron chi connectivity index (χ2n) is 3.53. The molecule has 1 atom stereocenters. The number of rotatable bonds is 3. The average molecular weight is 260 g/mol. The molecule has 0 aliphatic heterocycles. The van der Waals surface area contributed by atoms with Crippen molar-refractivity contribution in [3.63, 3.8) is 0 Å². The van der Waals surface area contributed by atoms with Crippen LogP contribution in [0.1, 0.15) is 25.8 Å². The van der Waals surface area contributed by atoms with Crippen molar-refractivity contribution in [2.24, 2.45) is 0 Å². The van der Waals surface area contributed by atoms with Crippen LogP contribution in [0.4, 0.5) is 10.1 Å². The molecule has 0 radical (unpaired) electrons. The molecule has 0 saturated heterocycles. The number of nitrogens with one attached hydrogen (secondary N) is 1. The van der Waals surface area contributed by atoms with Crippen molar-refractivity contribution in [3.05, 3.63) is 28.0 Å². The molecule has 0 saturated carbocycles. The average Bonchev–Trinajstić information content (AvgIpc) is 2.14. The third kappa shape index (κ3) is 2.71. The molecule has 1 nitrogen and oxygen atoms in total. The zero-order chi connectivity index (χ0) is 10.7. The van der Waals surface area contributed by atoms with Gasteiger partial charge in [0.1, 0.15) is 5.82 Å². The highest BCUT2D eigenvalue weighted by Gasteiger charge is 2.06. The van der Waals surface area contributed by atoms with Gasteiger partial charge in [-0.2, -0.15) is 0 Å². The summed E-state index contributed by atoms with van der Waals surface area (Å²) in [5.74, 6) is -0.211. The van der Waals surface area contributed by atoms with Crippen LogP contribution in [-0.2, 0) is 0 Å². The van der Waals surface area contributed by atoms with Crippen molar-refractivity contribution in [3.8, 4) is 0 Å². The van der Waals surface area contributed by atoms with Crippen molar-refractivity contribution in [2.75, 3.05) is 5.32 Å². The normalized spacial score (nSPS) is 12.6. The molecule has 0 fully saturated rings. The van der Waals surface area contributed by atoms with E-state index in [1.807, 2.05) is 6.92 Å². The summed E-state index contributed by atoms with van der Waals surface area (Å²) in [7, 11) is 0. The van der Waals surface area contributed by atoms with Gasteiger partial charge in [-0.3, -0.25) is 0 Å². The van der Waals surface area contributed by atoms with E-state index in [1.54, 1.807) is 6.07 Å². The maximum absolute atomic E-state index is 13.1. The van der Waals surface area contributed by atoms with Gasteiger partial charge >= 0.3 is 0 Å². The summed E-state index contributed by atoms with van der Waals surface area (Å²) in [6.07, 6.45) is 1.05. The first kappa shape index (κ1) is 11.5. The topological polar surface area (TPSA) is 12.0 Å². The van der Waals surface area contributed by atoms with Crippen LogP contribution < -0.4 is 5.32 Å². The molecule has 1 unspecified atom stereocenters. The predicted octanol–water partition coefficient (Wildman–Crippen LogP) is 4.11. The molecule has 0 aromatic heterocycles. The highest BCUT2D eigenvalue weighted by atomic mass is 79.9. The Labute approximate surface area is 92.8 Å². The minimum atomic E-state index is -0.211. The highest BCUT2D eigenvalue weighted by molar-refractivity contribution is 9.10. The predicted molar refractivity (Wildman–Crippen MR) is 62.2 cm³/mol. The molecule has 1 N–H and O–H groups in total. The quantitative estimate of drug-likeness (QED) is 0.862. The van der Waals surface area contributed by atoms with Gasteiger partial charge in [0, 0.05) is 11.7 Å². The molecule has 0 bridgehead atoms. The Kier molecular flexibility index (Phi) is 3.93. The van der Waals surface area contributed by atoms with Gasteiger partial charge in [-0.1, -0.05) is 6.92 Å². The van der Waals surface area contributed by atoms with Crippen molar-refractivity contribution in [1.29, 1.82) is 0 Å². The molecule has 0 spiro atoms. The van der Waals surface area contributed by atoms with Crippen molar-refractivity contribution >= 4 is 21.6 Å². The van der Waals surface area contributed by atoms with Gasteiger partial charge in [0.05, 0.1) is 4.47 Å². The monoisotopic (exact) mass is 259 g/mol. The van der Waals surface area contributed by atoms with Gasteiger partial charge in [-0.05, 0) is 53.9 Å². The molecule has 78 valence electrons. The lowest BCUT2D eigenvalue weighted by Crippen LogP contribution is -2.14. The Hall–Kier alpha value is -0.570. The zero-order valence-corrected chi connectivity index (χ0v) is 10.3. The van der Waals surface area contributed by atoms with Crippen LogP contribution in [0.3, 0.4) is 0 Å². The number of hydrogen-bond donors (Lipinski definition) is 1. The summed E-state index contributed by atoms with van der Waals surface area (Å²) in [6.45, 7) is 6.13. The summed E-state index contributed by atoms with van der Waals surface area (Å²) < 4.78 is 13.6. The summed E-state index contributed by atoms with van der Waals surface area (Å²) in [5, 5.41) is 3.33. The van der Waals surface area contributed by atoms with Crippen LogP contribution in [-0.4, -0.2) is 6.04 Å². The fourth-order valence-electron chi connectivity index (χ4n) is 1.17. The maximum Gasteiger partial charge on any atom is 0.137 e. The zero-order valence-electron chi connectivity index (χ0n) is 8.70. The van der Waals surface area contributed by atoms with Gasteiger partial charge in [-0.15, -0.1) is 0 Å². The highest BCUT2D eigenvalue weighted by Crippen LogP contribution is 2.24. The van der Waals surface area contributed by atoms with Gasteiger partial charge < -0.3 is 5.32 Å². The minimum absolute atomic E-state index is 0.211. The third-order valence-corrected chi connectivity index (χ3v) is 2.89. The molecule has 0 aliphatic carbocycles.